The normalized spacial score (nSPS) is 13.7. The number of urea groups is 1. The molecule has 1 heterocycles. The van der Waals surface area contributed by atoms with Crippen LogP contribution in [0.5, 0.6) is 5.75 Å². The lowest BCUT2D eigenvalue weighted by Crippen LogP contribution is -2.43. The topological polar surface area (TPSA) is 95.1 Å². The Kier molecular flexibility index (Phi) is 12.2. The third kappa shape index (κ3) is 8.37. The summed E-state index contributed by atoms with van der Waals surface area (Å²) in [5, 5.41) is 8.89. The number of hydrogen-bond acceptors (Lipinski definition) is 4. The molecule has 1 aromatic rings. The van der Waals surface area contributed by atoms with Crippen molar-refractivity contribution in [2.24, 2.45) is 4.99 Å². The number of benzene rings is 1. The predicted octanol–water partition coefficient (Wildman–Crippen LogP) is 2.79. The molecule has 0 radical (unpaired) electrons. The van der Waals surface area contributed by atoms with Gasteiger partial charge in [0.05, 0.1) is 13.2 Å². The summed E-state index contributed by atoms with van der Waals surface area (Å²) >= 11 is 0. The standard InChI is InChI=1S/C21H33N5O3.HI/c1-4-5-6-7-12-29-18-13-16(2)8-9-17(18)14-24-20(22-3)23-10-11-26-19(27)15-25-21(26)28;/h8-9,13H,4-7,10-12,14-15H2,1-3H3,(H,25,28)(H2,22,23,24);1H. The van der Waals surface area contributed by atoms with Crippen molar-refractivity contribution in [2.75, 3.05) is 33.3 Å². The van der Waals surface area contributed by atoms with Crippen LogP contribution in [0.3, 0.4) is 0 Å². The molecule has 9 heteroatoms. The summed E-state index contributed by atoms with van der Waals surface area (Å²) in [5.41, 5.74) is 2.22. The monoisotopic (exact) mass is 531 g/mol. The van der Waals surface area contributed by atoms with Crippen molar-refractivity contribution in [3.63, 3.8) is 0 Å². The Bertz CT molecular complexity index is 711. The van der Waals surface area contributed by atoms with Gasteiger partial charge in [-0.1, -0.05) is 38.3 Å². The second kappa shape index (κ2) is 14.1. The van der Waals surface area contributed by atoms with Gasteiger partial charge in [0, 0.05) is 32.2 Å². The Morgan fingerprint density at radius 2 is 2.03 bits per heavy atom. The lowest BCUT2D eigenvalue weighted by atomic mass is 10.1. The molecule has 168 valence electrons. The van der Waals surface area contributed by atoms with Gasteiger partial charge < -0.3 is 20.7 Å². The van der Waals surface area contributed by atoms with E-state index >= 15 is 0 Å². The highest BCUT2D eigenvalue weighted by molar-refractivity contribution is 14.0. The molecule has 0 aliphatic carbocycles. The number of nitrogens with one attached hydrogen (secondary N) is 3. The van der Waals surface area contributed by atoms with Crippen LogP contribution < -0.4 is 20.7 Å². The van der Waals surface area contributed by atoms with Gasteiger partial charge in [0.2, 0.25) is 5.91 Å². The van der Waals surface area contributed by atoms with Crippen molar-refractivity contribution < 1.29 is 14.3 Å². The van der Waals surface area contributed by atoms with E-state index in [-0.39, 0.29) is 42.5 Å². The Hall–Kier alpha value is -2.04. The molecule has 1 fully saturated rings. The number of halogens is 1. The molecule has 0 bridgehead atoms. The number of amides is 3. The predicted molar refractivity (Wildman–Crippen MR) is 130 cm³/mol. The fourth-order valence-corrected chi connectivity index (χ4v) is 3.02. The average molecular weight is 531 g/mol. The van der Waals surface area contributed by atoms with E-state index in [0.29, 0.717) is 25.6 Å². The van der Waals surface area contributed by atoms with Crippen LogP contribution in [0.15, 0.2) is 23.2 Å². The summed E-state index contributed by atoms with van der Waals surface area (Å²) in [7, 11) is 1.68. The minimum absolute atomic E-state index is 0. The highest BCUT2D eigenvalue weighted by atomic mass is 127. The summed E-state index contributed by atoms with van der Waals surface area (Å²) < 4.78 is 6.01. The number of nitrogens with zero attached hydrogens (tertiary/aromatic N) is 2. The maximum atomic E-state index is 11.6. The molecular formula is C21H34IN5O3. The van der Waals surface area contributed by atoms with Crippen LogP contribution in [0.25, 0.3) is 0 Å². The number of ether oxygens (including phenoxy) is 1. The van der Waals surface area contributed by atoms with Crippen molar-refractivity contribution in [1.82, 2.24) is 20.9 Å². The van der Waals surface area contributed by atoms with Gasteiger partial charge in [0.25, 0.3) is 0 Å². The SMILES string of the molecule is CCCCCCOc1cc(C)ccc1CNC(=NC)NCCN1C(=O)CNC1=O.I. The van der Waals surface area contributed by atoms with E-state index in [0.717, 1.165) is 29.9 Å². The van der Waals surface area contributed by atoms with Crippen LogP contribution >= 0.6 is 24.0 Å². The molecule has 0 unspecified atom stereocenters. The van der Waals surface area contributed by atoms with Crippen LogP contribution in [0.2, 0.25) is 0 Å². The highest BCUT2D eigenvalue weighted by Crippen LogP contribution is 2.20. The fourth-order valence-electron chi connectivity index (χ4n) is 3.02. The number of carbonyl (C=O) groups is 2. The zero-order valence-corrected chi connectivity index (χ0v) is 20.5. The minimum atomic E-state index is -0.347. The summed E-state index contributed by atoms with van der Waals surface area (Å²) in [6, 6.07) is 5.84. The average Bonchev–Trinajstić information content (AvgIpc) is 3.03. The van der Waals surface area contributed by atoms with Gasteiger partial charge in [0.1, 0.15) is 5.75 Å². The fraction of sp³-hybridized carbons (Fsp3) is 0.571. The molecule has 0 aromatic heterocycles. The van der Waals surface area contributed by atoms with Gasteiger partial charge in [-0.2, -0.15) is 0 Å². The molecule has 0 atom stereocenters. The Labute approximate surface area is 196 Å². The van der Waals surface area contributed by atoms with Crippen LogP contribution in [0.4, 0.5) is 4.79 Å². The van der Waals surface area contributed by atoms with E-state index in [2.05, 4.69) is 53.0 Å². The van der Waals surface area contributed by atoms with Crippen molar-refractivity contribution in [1.29, 1.82) is 0 Å². The number of unbranched alkanes of at least 4 members (excludes halogenated alkanes) is 3. The second-order valence-corrected chi connectivity index (χ2v) is 7.08. The van der Waals surface area contributed by atoms with Gasteiger partial charge in [0.15, 0.2) is 5.96 Å². The highest BCUT2D eigenvalue weighted by Gasteiger charge is 2.27. The third-order valence-corrected chi connectivity index (χ3v) is 4.71. The van der Waals surface area contributed by atoms with Crippen LogP contribution in [0, 0.1) is 6.92 Å². The van der Waals surface area contributed by atoms with Gasteiger partial charge >= 0.3 is 6.03 Å². The summed E-state index contributed by atoms with van der Waals surface area (Å²) in [6.07, 6.45) is 4.69. The Morgan fingerprint density at radius 1 is 1.23 bits per heavy atom. The van der Waals surface area contributed by atoms with Crippen LogP contribution in [-0.4, -0.2) is 56.1 Å². The first-order valence-corrected chi connectivity index (χ1v) is 10.3. The summed E-state index contributed by atoms with van der Waals surface area (Å²) in [6.45, 7) is 6.32. The van der Waals surface area contributed by atoms with E-state index in [1.165, 1.54) is 24.2 Å². The number of aliphatic imine (C=N–C) groups is 1. The number of carbonyl (C=O) groups excluding carboxylic acids is 2. The number of guanidine groups is 1. The zero-order chi connectivity index (χ0) is 21.1. The first-order chi connectivity index (χ1) is 14.0. The maximum absolute atomic E-state index is 11.6. The molecular weight excluding hydrogens is 497 g/mol. The second-order valence-electron chi connectivity index (χ2n) is 7.08. The smallest absolute Gasteiger partial charge is 0.324 e. The Balaban J connectivity index is 0.00000450. The maximum Gasteiger partial charge on any atom is 0.324 e. The molecule has 1 aromatic carbocycles. The van der Waals surface area contributed by atoms with Gasteiger partial charge in [-0.3, -0.25) is 14.7 Å². The number of hydrogen-bond donors (Lipinski definition) is 3. The van der Waals surface area contributed by atoms with E-state index in [1.54, 1.807) is 7.05 Å². The van der Waals surface area contributed by atoms with Gasteiger partial charge in [-0.15, -0.1) is 24.0 Å². The molecule has 3 N–H and O–H groups in total. The first-order valence-electron chi connectivity index (χ1n) is 10.3. The zero-order valence-electron chi connectivity index (χ0n) is 18.1. The Morgan fingerprint density at radius 3 is 2.70 bits per heavy atom. The molecule has 8 nitrogen and oxygen atoms in total. The third-order valence-electron chi connectivity index (χ3n) is 4.71. The minimum Gasteiger partial charge on any atom is -0.493 e. The number of imide groups is 1. The number of rotatable bonds is 11. The molecule has 0 saturated carbocycles. The molecule has 1 aliphatic rings. The quantitative estimate of drug-likeness (QED) is 0.134. The lowest BCUT2D eigenvalue weighted by Gasteiger charge is -2.17. The summed E-state index contributed by atoms with van der Waals surface area (Å²) in [5.74, 6) is 1.29. The number of aryl methyl sites for hydroxylation is 1. The van der Waals surface area contributed by atoms with E-state index < -0.39 is 0 Å². The first kappa shape index (κ1) is 26.0. The van der Waals surface area contributed by atoms with E-state index in [9.17, 15) is 9.59 Å². The van der Waals surface area contributed by atoms with Crippen LogP contribution in [-0.2, 0) is 11.3 Å². The van der Waals surface area contributed by atoms with Crippen molar-refractivity contribution >= 4 is 41.9 Å². The van der Waals surface area contributed by atoms with Crippen molar-refractivity contribution in [2.45, 2.75) is 46.1 Å². The van der Waals surface area contributed by atoms with Crippen molar-refractivity contribution in [3.8, 4) is 5.75 Å². The molecule has 1 aliphatic heterocycles. The van der Waals surface area contributed by atoms with Gasteiger partial charge in [-0.25, -0.2) is 4.79 Å². The summed E-state index contributed by atoms with van der Waals surface area (Å²) in [4.78, 5) is 28.6. The van der Waals surface area contributed by atoms with E-state index in [1.807, 2.05) is 0 Å². The molecule has 3 amide bonds. The molecule has 30 heavy (non-hydrogen) atoms. The van der Waals surface area contributed by atoms with E-state index in [4.69, 9.17) is 4.74 Å². The largest absolute Gasteiger partial charge is 0.493 e. The van der Waals surface area contributed by atoms with Gasteiger partial charge in [-0.05, 0) is 25.0 Å². The molecule has 0 spiro atoms. The lowest BCUT2D eigenvalue weighted by molar-refractivity contribution is -0.124. The molecule has 1 saturated heterocycles. The van der Waals surface area contributed by atoms with Crippen LogP contribution in [0.1, 0.15) is 43.7 Å². The molecule has 2 rings (SSSR count). The van der Waals surface area contributed by atoms with Crippen molar-refractivity contribution in [3.05, 3.63) is 29.3 Å².